The Morgan fingerprint density at radius 3 is 2.63 bits per heavy atom. The van der Waals surface area contributed by atoms with Gasteiger partial charge in [-0.1, -0.05) is 5.21 Å². The van der Waals surface area contributed by atoms with Crippen molar-refractivity contribution in [2.45, 2.75) is 19.8 Å². The van der Waals surface area contributed by atoms with Crippen molar-refractivity contribution in [1.82, 2.24) is 24.7 Å². The standard InChI is InChI=1S/C19H18F2N6O3/c1-10-9-27-16(18(29)22-10)15(24-25-27)19(30)26-6-4-11(5-7-26)17(28)23-12-2-3-13(20)14(21)8-12/h2-3,8-9,11H,4-7H2,1H3,(H,22,29)(H,23,28). The molecule has 2 N–H and O–H groups in total. The molecule has 0 atom stereocenters. The van der Waals surface area contributed by atoms with Crippen LogP contribution in [0.25, 0.3) is 5.52 Å². The second-order valence-corrected chi connectivity index (χ2v) is 7.18. The van der Waals surface area contributed by atoms with Crippen LogP contribution in [0.2, 0.25) is 0 Å². The summed E-state index contributed by atoms with van der Waals surface area (Å²) >= 11 is 0. The highest BCUT2D eigenvalue weighted by molar-refractivity contribution is 5.98. The second kappa shape index (κ2) is 7.65. The second-order valence-electron chi connectivity index (χ2n) is 7.18. The molecule has 1 saturated heterocycles. The van der Waals surface area contributed by atoms with Crippen LogP contribution in [0, 0.1) is 24.5 Å². The van der Waals surface area contributed by atoms with Crippen molar-refractivity contribution in [3.05, 3.63) is 57.8 Å². The van der Waals surface area contributed by atoms with Gasteiger partial charge in [0.25, 0.3) is 11.5 Å². The molecule has 1 aromatic carbocycles. The summed E-state index contributed by atoms with van der Waals surface area (Å²) in [5, 5.41) is 10.3. The van der Waals surface area contributed by atoms with Crippen LogP contribution in [0.3, 0.4) is 0 Å². The van der Waals surface area contributed by atoms with Gasteiger partial charge in [-0.3, -0.25) is 14.4 Å². The highest BCUT2D eigenvalue weighted by atomic mass is 19.2. The average Bonchev–Trinajstić information content (AvgIpc) is 3.14. The SMILES string of the molecule is Cc1cn2nnc(C(=O)N3CCC(C(=O)Nc4ccc(F)c(F)c4)CC3)c2c(=O)[nH]1. The Balaban J connectivity index is 1.42. The van der Waals surface area contributed by atoms with Crippen molar-refractivity contribution < 1.29 is 18.4 Å². The average molecular weight is 416 g/mol. The topological polar surface area (TPSA) is 112 Å². The lowest BCUT2D eigenvalue weighted by molar-refractivity contribution is -0.121. The number of fused-ring (bicyclic) bond motifs is 1. The number of piperidine rings is 1. The van der Waals surface area contributed by atoms with Crippen molar-refractivity contribution in [3.63, 3.8) is 0 Å². The molecular formula is C19H18F2N6O3. The van der Waals surface area contributed by atoms with Crippen LogP contribution in [0.5, 0.6) is 0 Å². The molecule has 1 fully saturated rings. The number of carbonyl (C=O) groups excluding carboxylic acids is 2. The fraction of sp³-hybridized carbons (Fsp3) is 0.316. The smallest absolute Gasteiger partial charge is 0.276 e. The molecule has 0 aliphatic carbocycles. The van der Waals surface area contributed by atoms with E-state index in [0.29, 0.717) is 18.5 Å². The molecule has 1 aliphatic heterocycles. The molecule has 0 unspecified atom stereocenters. The third kappa shape index (κ3) is 3.65. The Bertz CT molecular complexity index is 1200. The minimum atomic E-state index is -1.04. The number of hydrogen-bond acceptors (Lipinski definition) is 5. The maximum absolute atomic E-state index is 13.3. The molecule has 0 spiro atoms. The predicted molar refractivity (Wildman–Crippen MR) is 102 cm³/mol. The van der Waals surface area contributed by atoms with Gasteiger partial charge in [0.1, 0.15) is 0 Å². The summed E-state index contributed by atoms with van der Waals surface area (Å²) in [5.74, 6) is -3.17. The molecule has 3 heterocycles. The van der Waals surface area contributed by atoms with Crippen LogP contribution in [-0.4, -0.2) is 49.6 Å². The first-order valence-electron chi connectivity index (χ1n) is 9.33. The van der Waals surface area contributed by atoms with E-state index in [2.05, 4.69) is 20.6 Å². The number of aromatic nitrogens is 4. The molecule has 0 saturated carbocycles. The van der Waals surface area contributed by atoms with Crippen molar-refractivity contribution in [2.24, 2.45) is 5.92 Å². The number of rotatable bonds is 3. The van der Waals surface area contributed by atoms with Gasteiger partial charge in [-0.15, -0.1) is 5.10 Å². The Kier molecular flexibility index (Phi) is 5.02. The Labute approximate surface area is 168 Å². The van der Waals surface area contributed by atoms with Crippen molar-refractivity contribution in [1.29, 1.82) is 0 Å². The van der Waals surface area contributed by atoms with Gasteiger partial charge in [0.05, 0.1) is 6.20 Å². The molecule has 0 bridgehead atoms. The van der Waals surface area contributed by atoms with E-state index in [1.54, 1.807) is 13.1 Å². The van der Waals surface area contributed by atoms with E-state index < -0.39 is 23.1 Å². The molecule has 9 nitrogen and oxygen atoms in total. The van der Waals surface area contributed by atoms with Crippen LogP contribution >= 0.6 is 0 Å². The molecule has 30 heavy (non-hydrogen) atoms. The van der Waals surface area contributed by atoms with E-state index in [-0.39, 0.29) is 41.8 Å². The number of nitrogens with one attached hydrogen (secondary N) is 2. The molecule has 156 valence electrons. The normalized spacial score (nSPS) is 14.8. The number of likely N-dealkylation sites (tertiary alicyclic amines) is 1. The first kappa shape index (κ1) is 19.7. The summed E-state index contributed by atoms with van der Waals surface area (Å²) in [6, 6.07) is 3.14. The minimum absolute atomic E-state index is 0.0408. The van der Waals surface area contributed by atoms with Crippen LogP contribution < -0.4 is 10.9 Å². The Hall–Kier alpha value is -3.63. The maximum Gasteiger partial charge on any atom is 0.276 e. The van der Waals surface area contributed by atoms with Crippen LogP contribution in [0.15, 0.2) is 29.2 Å². The largest absolute Gasteiger partial charge is 0.337 e. The first-order chi connectivity index (χ1) is 14.3. The zero-order chi connectivity index (χ0) is 21.4. The molecule has 0 radical (unpaired) electrons. The third-order valence-corrected chi connectivity index (χ3v) is 5.08. The van der Waals surface area contributed by atoms with Crippen LogP contribution in [0.1, 0.15) is 29.0 Å². The number of anilines is 1. The van der Waals surface area contributed by atoms with Gasteiger partial charge in [-0.25, -0.2) is 13.3 Å². The number of benzene rings is 1. The lowest BCUT2D eigenvalue weighted by Crippen LogP contribution is -2.41. The summed E-state index contributed by atoms with van der Waals surface area (Å²) in [6.45, 7) is 2.27. The monoisotopic (exact) mass is 416 g/mol. The minimum Gasteiger partial charge on any atom is -0.337 e. The maximum atomic E-state index is 13.3. The highest BCUT2D eigenvalue weighted by Crippen LogP contribution is 2.22. The van der Waals surface area contributed by atoms with Crippen LogP contribution in [0.4, 0.5) is 14.5 Å². The fourth-order valence-electron chi connectivity index (χ4n) is 3.51. The van der Waals surface area contributed by atoms with Gasteiger partial charge in [-0.2, -0.15) is 0 Å². The van der Waals surface area contributed by atoms with E-state index in [1.165, 1.54) is 15.5 Å². The van der Waals surface area contributed by atoms with Crippen molar-refractivity contribution in [3.8, 4) is 0 Å². The molecule has 1 aliphatic rings. The van der Waals surface area contributed by atoms with Crippen molar-refractivity contribution in [2.75, 3.05) is 18.4 Å². The van der Waals surface area contributed by atoms with E-state index in [4.69, 9.17) is 0 Å². The number of aryl methyl sites for hydroxylation is 1. The highest BCUT2D eigenvalue weighted by Gasteiger charge is 2.30. The number of carbonyl (C=O) groups is 2. The van der Waals surface area contributed by atoms with Gasteiger partial charge in [0, 0.05) is 36.5 Å². The van der Waals surface area contributed by atoms with E-state index in [0.717, 1.165) is 12.1 Å². The number of nitrogens with zero attached hydrogens (tertiary/aromatic N) is 4. The number of aromatic amines is 1. The molecule has 3 aromatic rings. The zero-order valence-corrected chi connectivity index (χ0v) is 16.0. The predicted octanol–water partition coefficient (Wildman–Crippen LogP) is 1.50. The number of halogens is 2. The first-order valence-corrected chi connectivity index (χ1v) is 9.33. The van der Waals surface area contributed by atoms with E-state index >= 15 is 0 Å². The Morgan fingerprint density at radius 2 is 1.93 bits per heavy atom. The molecular weight excluding hydrogens is 398 g/mol. The van der Waals surface area contributed by atoms with Gasteiger partial charge >= 0.3 is 0 Å². The number of H-pyrrole nitrogens is 1. The third-order valence-electron chi connectivity index (χ3n) is 5.08. The number of amides is 2. The lowest BCUT2D eigenvalue weighted by atomic mass is 9.95. The Morgan fingerprint density at radius 1 is 1.20 bits per heavy atom. The fourth-order valence-corrected chi connectivity index (χ4v) is 3.51. The van der Waals surface area contributed by atoms with Crippen molar-refractivity contribution >= 4 is 23.0 Å². The summed E-state index contributed by atoms with van der Waals surface area (Å²) < 4.78 is 27.6. The van der Waals surface area contributed by atoms with Gasteiger partial charge in [-0.05, 0) is 31.9 Å². The molecule has 2 amide bonds. The van der Waals surface area contributed by atoms with Gasteiger partial charge in [0.2, 0.25) is 5.91 Å². The summed E-state index contributed by atoms with van der Waals surface area (Å²) in [7, 11) is 0. The molecule has 2 aromatic heterocycles. The van der Waals surface area contributed by atoms with Gasteiger partial charge < -0.3 is 15.2 Å². The quantitative estimate of drug-likeness (QED) is 0.672. The summed E-state index contributed by atoms with van der Waals surface area (Å²) in [4.78, 5) is 41.6. The lowest BCUT2D eigenvalue weighted by Gasteiger charge is -2.30. The molecule has 11 heteroatoms. The summed E-state index contributed by atoms with van der Waals surface area (Å²) in [6.07, 6.45) is 2.33. The zero-order valence-electron chi connectivity index (χ0n) is 16.0. The van der Waals surface area contributed by atoms with Gasteiger partial charge in [0.15, 0.2) is 22.8 Å². The van der Waals surface area contributed by atoms with E-state index in [9.17, 15) is 23.2 Å². The van der Waals surface area contributed by atoms with Crippen LogP contribution in [-0.2, 0) is 4.79 Å². The molecule has 4 rings (SSSR count). The van der Waals surface area contributed by atoms with E-state index in [1.807, 2.05) is 0 Å². The number of hydrogen-bond donors (Lipinski definition) is 2. The summed E-state index contributed by atoms with van der Waals surface area (Å²) in [5.41, 5.74) is 0.334.